The van der Waals surface area contributed by atoms with Crippen LogP contribution in [0.5, 0.6) is 11.5 Å². The highest BCUT2D eigenvalue weighted by Crippen LogP contribution is 2.20. The number of carbonyl (C=O) groups is 2. The third-order valence-electron chi connectivity index (χ3n) is 4.55. The van der Waals surface area contributed by atoms with Crippen LogP contribution in [0.15, 0.2) is 71.8 Å². The number of benzene rings is 3. The van der Waals surface area contributed by atoms with Gasteiger partial charge in [0, 0.05) is 17.8 Å². The summed E-state index contributed by atoms with van der Waals surface area (Å²) >= 11 is 0. The molecule has 7 heteroatoms. The maximum atomic E-state index is 12.1. The van der Waals surface area contributed by atoms with Crippen LogP contribution >= 0.6 is 0 Å². The lowest BCUT2D eigenvalue weighted by Crippen LogP contribution is -2.28. The predicted octanol–water partition coefficient (Wildman–Crippen LogP) is 3.43. The number of methoxy groups -OCH3 is 1. The van der Waals surface area contributed by atoms with Gasteiger partial charge in [0.1, 0.15) is 11.5 Å². The van der Waals surface area contributed by atoms with Gasteiger partial charge < -0.3 is 14.8 Å². The Morgan fingerprint density at radius 2 is 1.68 bits per heavy atom. The highest BCUT2D eigenvalue weighted by Gasteiger charge is 2.08. The molecule has 160 valence electrons. The second kappa shape index (κ2) is 10.8. The number of hydrazone groups is 1. The van der Waals surface area contributed by atoms with Crippen LogP contribution in [0.4, 0.5) is 0 Å². The zero-order valence-corrected chi connectivity index (χ0v) is 17.6. The van der Waals surface area contributed by atoms with E-state index >= 15 is 0 Å². The third kappa shape index (κ3) is 6.57. The van der Waals surface area contributed by atoms with E-state index in [0.29, 0.717) is 23.8 Å². The van der Waals surface area contributed by atoms with Crippen molar-refractivity contribution in [1.29, 1.82) is 0 Å². The van der Waals surface area contributed by atoms with Crippen molar-refractivity contribution in [3.8, 4) is 11.5 Å². The van der Waals surface area contributed by atoms with Crippen LogP contribution in [0.2, 0.25) is 0 Å². The van der Waals surface area contributed by atoms with Crippen LogP contribution in [-0.4, -0.2) is 31.2 Å². The Labute approximate surface area is 181 Å². The molecule has 0 saturated carbocycles. The Hall–Kier alpha value is -3.87. The van der Waals surface area contributed by atoms with Crippen LogP contribution < -0.4 is 20.2 Å². The number of nitrogens with one attached hydrogen (secondary N) is 2. The number of hydrogen-bond donors (Lipinski definition) is 2. The first kappa shape index (κ1) is 21.8. The first-order valence-electron chi connectivity index (χ1n) is 9.87. The van der Waals surface area contributed by atoms with Gasteiger partial charge in [0.05, 0.1) is 13.5 Å². The summed E-state index contributed by atoms with van der Waals surface area (Å²) in [7, 11) is 1.59. The molecule has 3 rings (SSSR count). The second-order valence-electron chi connectivity index (χ2n) is 6.95. The Morgan fingerprint density at radius 3 is 2.48 bits per heavy atom. The molecule has 0 aromatic heterocycles. The van der Waals surface area contributed by atoms with Crippen molar-refractivity contribution in [3.63, 3.8) is 0 Å². The van der Waals surface area contributed by atoms with E-state index in [2.05, 4.69) is 15.8 Å². The number of carbonyl (C=O) groups excluding carboxylic acids is 2. The number of ether oxygens (including phenoxy) is 2. The average molecular weight is 419 g/mol. The van der Waals surface area contributed by atoms with Crippen molar-refractivity contribution in [2.24, 2.45) is 5.10 Å². The summed E-state index contributed by atoms with van der Waals surface area (Å²) in [5, 5.41) is 8.92. The number of fused-ring (bicyclic) bond motifs is 1. The molecule has 0 bridgehead atoms. The highest BCUT2D eigenvalue weighted by atomic mass is 16.5. The van der Waals surface area contributed by atoms with Crippen LogP contribution in [0.3, 0.4) is 0 Å². The summed E-state index contributed by atoms with van der Waals surface area (Å²) in [6.07, 6.45) is 0.0704. The van der Waals surface area contributed by atoms with Crippen LogP contribution in [0, 0.1) is 0 Å². The van der Waals surface area contributed by atoms with Crippen LogP contribution in [-0.2, 0) is 16.1 Å². The van der Waals surface area contributed by atoms with E-state index in [-0.39, 0.29) is 18.9 Å². The number of hydrogen-bond acceptors (Lipinski definition) is 5. The van der Waals surface area contributed by atoms with E-state index in [1.165, 1.54) is 0 Å². The Bertz CT molecular complexity index is 1090. The first-order chi connectivity index (χ1) is 15.0. The molecular formula is C24H25N3O4. The lowest BCUT2D eigenvalue weighted by molar-refractivity contribution is -0.123. The van der Waals surface area contributed by atoms with E-state index in [4.69, 9.17) is 9.47 Å². The van der Waals surface area contributed by atoms with Gasteiger partial charge in [-0.1, -0.05) is 48.5 Å². The van der Waals surface area contributed by atoms with Gasteiger partial charge in [0.2, 0.25) is 5.91 Å². The van der Waals surface area contributed by atoms with Gasteiger partial charge in [-0.15, -0.1) is 0 Å². The van der Waals surface area contributed by atoms with Gasteiger partial charge in [-0.2, -0.15) is 5.10 Å². The summed E-state index contributed by atoms with van der Waals surface area (Å²) in [6, 6.07) is 21.0. The number of rotatable bonds is 9. The molecule has 0 aliphatic carbocycles. The summed E-state index contributed by atoms with van der Waals surface area (Å²) < 4.78 is 10.8. The van der Waals surface area contributed by atoms with E-state index < -0.39 is 5.91 Å². The van der Waals surface area contributed by atoms with E-state index in [0.717, 1.165) is 16.3 Å². The molecule has 7 nitrogen and oxygen atoms in total. The number of para-hydroxylation sites is 1. The van der Waals surface area contributed by atoms with Gasteiger partial charge in [0.25, 0.3) is 5.91 Å². The SMILES string of the molecule is COc1ccccc1CNC(=O)C/C(C)=N\NC(=O)COc1ccc2ccccc2c1. The monoisotopic (exact) mass is 419 g/mol. The molecule has 0 heterocycles. The minimum atomic E-state index is -0.401. The maximum Gasteiger partial charge on any atom is 0.277 e. The van der Waals surface area contributed by atoms with Crippen molar-refractivity contribution in [1.82, 2.24) is 10.7 Å². The zero-order chi connectivity index (χ0) is 22.1. The molecule has 2 amide bonds. The molecule has 0 radical (unpaired) electrons. The molecule has 3 aromatic rings. The molecule has 0 aliphatic rings. The van der Waals surface area contributed by atoms with Crippen LogP contribution in [0.25, 0.3) is 10.8 Å². The van der Waals surface area contributed by atoms with Crippen molar-refractivity contribution in [3.05, 3.63) is 72.3 Å². The molecule has 3 aromatic carbocycles. The largest absolute Gasteiger partial charge is 0.496 e. The maximum absolute atomic E-state index is 12.1. The highest BCUT2D eigenvalue weighted by molar-refractivity contribution is 6.00. The van der Waals surface area contributed by atoms with Crippen molar-refractivity contribution < 1.29 is 19.1 Å². The molecule has 0 atom stereocenters. The minimum absolute atomic E-state index is 0.0704. The number of nitrogens with zero attached hydrogens (tertiary/aromatic N) is 1. The van der Waals surface area contributed by atoms with Gasteiger partial charge >= 0.3 is 0 Å². The van der Waals surface area contributed by atoms with Gasteiger partial charge in [-0.25, -0.2) is 5.43 Å². The Balaban J connectivity index is 1.42. The summed E-state index contributed by atoms with van der Waals surface area (Å²) in [5.74, 6) is 0.716. The molecule has 0 unspecified atom stereocenters. The standard InChI is InChI=1S/C24H25N3O4/c1-17(13-23(28)25-15-20-9-5-6-10-22(20)30-2)26-27-24(29)16-31-21-12-11-18-7-3-4-8-19(18)14-21/h3-12,14H,13,15-16H2,1-2H3,(H,25,28)(H,27,29)/b26-17-. The fourth-order valence-corrected chi connectivity index (χ4v) is 2.97. The third-order valence-corrected chi connectivity index (χ3v) is 4.55. The number of amides is 2. The topological polar surface area (TPSA) is 89.0 Å². The van der Waals surface area contributed by atoms with Crippen LogP contribution in [0.1, 0.15) is 18.9 Å². The second-order valence-corrected chi connectivity index (χ2v) is 6.95. The quantitative estimate of drug-likeness (QED) is 0.411. The average Bonchev–Trinajstić information content (AvgIpc) is 2.80. The summed E-state index contributed by atoms with van der Waals surface area (Å²) in [5.41, 5.74) is 3.78. The lowest BCUT2D eigenvalue weighted by atomic mass is 10.1. The normalized spacial score (nSPS) is 11.1. The van der Waals surface area contributed by atoms with Gasteiger partial charge in [-0.05, 0) is 35.9 Å². The predicted molar refractivity (Wildman–Crippen MR) is 120 cm³/mol. The molecule has 2 N–H and O–H groups in total. The minimum Gasteiger partial charge on any atom is -0.496 e. The first-order valence-corrected chi connectivity index (χ1v) is 9.87. The van der Waals surface area contributed by atoms with Gasteiger partial charge in [0.15, 0.2) is 6.61 Å². The molecule has 0 spiro atoms. The van der Waals surface area contributed by atoms with Crippen molar-refractivity contribution in [2.75, 3.05) is 13.7 Å². The van der Waals surface area contributed by atoms with Gasteiger partial charge in [-0.3, -0.25) is 9.59 Å². The van der Waals surface area contributed by atoms with Crippen molar-refractivity contribution >= 4 is 28.3 Å². The molecular weight excluding hydrogens is 394 g/mol. The van der Waals surface area contributed by atoms with E-state index in [1.54, 1.807) is 14.0 Å². The molecule has 0 saturated heterocycles. The zero-order valence-electron chi connectivity index (χ0n) is 17.6. The smallest absolute Gasteiger partial charge is 0.277 e. The Kier molecular flexibility index (Phi) is 7.59. The lowest BCUT2D eigenvalue weighted by Gasteiger charge is -2.09. The fraction of sp³-hybridized carbons (Fsp3) is 0.208. The summed E-state index contributed by atoms with van der Waals surface area (Å²) in [6.45, 7) is 1.85. The molecule has 0 fully saturated rings. The molecule has 31 heavy (non-hydrogen) atoms. The summed E-state index contributed by atoms with van der Waals surface area (Å²) in [4.78, 5) is 24.1. The van der Waals surface area contributed by atoms with E-state index in [9.17, 15) is 9.59 Å². The van der Waals surface area contributed by atoms with E-state index in [1.807, 2.05) is 66.7 Å². The Morgan fingerprint density at radius 1 is 0.935 bits per heavy atom. The fourth-order valence-electron chi connectivity index (χ4n) is 2.97. The van der Waals surface area contributed by atoms with Crippen molar-refractivity contribution in [2.45, 2.75) is 19.9 Å². The molecule has 0 aliphatic heterocycles.